The summed E-state index contributed by atoms with van der Waals surface area (Å²) in [6.45, 7) is 4.59. The van der Waals surface area contributed by atoms with Crippen LogP contribution in [0.25, 0.3) is 0 Å². The van der Waals surface area contributed by atoms with Crippen molar-refractivity contribution in [2.24, 2.45) is 5.92 Å². The summed E-state index contributed by atoms with van der Waals surface area (Å²) >= 11 is 5.85. The van der Waals surface area contributed by atoms with Crippen LogP contribution in [0.4, 0.5) is 0 Å². The second kappa shape index (κ2) is 9.64. The Labute approximate surface area is 148 Å². The number of hydrogen-bond acceptors (Lipinski definition) is 4. The highest BCUT2D eigenvalue weighted by Gasteiger charge is 2.27. The lowest BCUT2D eigenvalue weighted by Crippen LogP contribution is -2.44. The number of esters is 1. The van der Waals surface area contributed by atoms with Gasteiger partial charge in [0.25, 0.3) is 0 Å². The zero-order valence-electron chi connectivity index (χ0n) is 14.1. The molecule has 1 heterocycles. The van der Waals surface area contributed by atoms with Crippen molar-refractivity contribution in [3.8, 4) is 0 Å². The first-order chi connectivity index (χ1) is 11.6. The van der Waals surface area contributed by atoms with Gasteiger partial charge in [0.1, 0.15) is 0 Å². The van der Waals surface area contributed by atoms with Crippen LogP contribution < -0.4 is 5.32 Å². The third-order valence-electron chi connectivity index (χ3n) is 4.14. The van der Waals surface area contributed by atoms with E-state index >= 15 is 0 Å². The third-order valence-corrected chi connectivity index (χ3v) is 4.39. The van der Waals surface area contributed by atoms with Gasteiger partial charge in [-0.25, -0.2) is 0 Å². The molecule has 0 bridgehead atoms. The van der Waals surface area contributed by atoms with E-state index in [1.54, 1.807) is 0 Å². The summed E-state index contributed by atoms with van der Waals surface area (Å²) in [5.41, 5.74) is 1.14. The lowest BCUT2D eigenvalue weighted by molar-refractivity contribution is -0.150. The molecule has 1 saturated heterocycles. The SMILES string of the molecule is CCOC(=O)C1CCCN(CC(=O)NCCc2ccc(Cl)cc2)C1. The summed E-state index contributed by atoms with van der Waals surface area (Å²) in [4.78, 5) is 25.9. The average Bonchev–Trinajstić information content (AvgIpc) is 2.57. The predicted octanol–water partition coefficient (Wildman–Crippen LogP) is 2.27. The van der Waals surface area contributed by atoms with Crippen molar-refractivity contribution in [3.63, 3.8) is 0 Å². The molecule has 1 atom stereocenters. The maximum atomic E-state index is 12.1. The van der Waals surface area contributed by atoms with Gasteiger partial charge in [-0.2, -0.15) is 0 Å². The summed E-state index contributed by atoms with van der Waals surface area (Å²) in [6, 6.07) is 7.62. The molecule has 1 aliphatic rings. The maximum absolute atomic E-state index is 12.1. The second-order valence-corrected chi connectivity index (χ2v) is 6.49. The summed E-state index contributed by atoms with van der Waals surface area (Å²) in [5, 5.41) is 3.64. The van der Waals surface area contributed by atoms with E-state index in [9.17, 15) is 9.59 Å². The molecule has 1 aliphatic heterocycles. The van der Waals surface area contributed by atoms with Crippen molar-refractivity contribution in [3.05, 3.63) is 34.9 Å². The van der Waals surface area contributed by atoms with E-state index in [1.165, 1.54) is 0 Å². The molecule has 1 amide bonds. The van der Waals surface area contributed by atoms with Crippen LogP contribution in [0.3, 0.4) is 0 Å². The fourth-order valence-electron chi connectivity index (χ4n) is 2.91. The molecular formula is C18H25ClN2O3. The number of halogens is 1. The van der Waals surface area contributed by atoms with Crippen molar-refractivity contribution < 1.29 is 14.3 Å². The number of benzene rings is 1. The first-order valence-corrected chi connectivity index (χ1v) is 8.86. The smallest absolute Gasteiger partial charge is 0.310 e. The van der Waals surface area contributed by atoms with Crippen LogP contribution in [0, 0.1) is 5.92 Å². The zero-order chi connectivity index (χ0) is 17.4. The Balaban J connectivity index is 1.69. The highest BCUT2D eigenvalue weighted by molar-refractivity contribution is 6.30. The number of hydrogen-bond donors (Lipinski definition) is 1. The van der Waals surface area contributed by atoms with E-state index in [1.807, 2.05) is 36.1 Å². The lowest BCUT2D eigenvalue weighted by atomic mass is 9.98. The zero-order valence-corrected chi connectivity index (χ0v) is 14.8. The molecule has 0 saturated carbocycles. The van der Waals surface area contributed by atoms with Crippen molar-refractivity contribution in [2.45, 2.75) is 26.2 Å². The number of piperidine rings is 1. The molecule has 0 radical (unpaired) electrons. The largest absolute Gasteiger partial charge is 0.466 e. The molecule has 1 fully saturated rings. The molecule has 2 rings (SSSR count). The van der Waals surface area contributed by atoms with Crippen molar-refractivity contribution >= 4 is 23.5 Å². The molecular weight excluding hydrogens is 328 g/mol. The minimum atomic E-state index is -0.148. The number of carbonyl (C=O) groups is 2. The van der Waals surface area contributed by atoms with Gasteiger partial charge >= 0.3 is 5.97 Å². The van der Waals surface area contributed by atoms with Gasteiger partial charge in [0.05, 0.1) is 19.1 Å². The number of nitrogens with one attached hydrogen (secondary N) is 1. The minimum absolute atomic E-state index is 0.00604. The first kappa shape index (κ1) is 18.7. The van der Waals surface area contributed by atoms with Crippen LogP contribution in [0.2, 0.25) is 5.02 Å². The molecule has 1 N–H and O–H groups in total. The second-order valence-electron chi connectivity index (χ2n) is 6.05. The van der Waals surface area contributed by atoms with Gasteiger partial charge in [0.2, 0.25) is 5.91 Å². The molecule has 5 nitrogen and oxygen atoms in total. The molecule has 0 spiro atoms. The normalized spacial score (nSPS) is 18.2. The highest BCUT2D eigenvalue weighted by atomic mass is 35.5. The van der Waals surface area contributed by atoms with E-state index in [2.05, 4.69) is 5.32 Å². The lowest BCUT2D eigenvalue weighted by Gasteiger charge is -2.30. The number of amides is 1. The summed E-state index contributed by atoms with van der Waals surface area (Å²) in [6.07, 6.45) is 2.53. The molecule has 6 heteroatoms. The molecule has 0 aromatic heterocycles. The van der Waals surface area contributed by atoms with E-state index in [4.69, 9.17) is 16.3 Å². The fourth-order valence-corrected chi connectivity index (χ4v) is 3.03. The topological polar surface area (TPSA) is 58.6 Å². The average molecular weight is 353 g/mol. The molecule has 1 unspecified atom stereocenters. The molecule has 132 valence electrons. The van der Waals surface area contributed by atoms with E-state index in [0.29, 0.717) is 31.3 Å². The molecule has 0 aliphatic carbocycles. The van der Waals surface area contributed by atoms with Gasteiger partial charge in [0, 0.05) is 18.1 Å². The van der Waals surface area contributed by atoms with Gasteiger partial charge in [-0.15, -0.1) is 0 Å². The van der Waals surface area contributed by atoms with Crippen LogP contribution in [0.5, 0.6) is 0 Å². The molecule has 1 aromatic carbocycles. The van der Waals surface area contributed by atoms with Crippen LogP contribution in [0.15, 0.2) is 24.3 Å². The third kappa shape index (κ3) is 6.13. The van der Waals surface area contributed by atoms with Crippen molar-refractivity contribution in [2.75, 3.05) is 32.8 Å². The van der Waals surface area contributed by atoms with Crippen LogP contribution in [0.1, 0.15) is 25.3 Å². The molecule has 24 heavy (non-hydrogen) atoms. The number of nitrogens with zero attached hydrogens (tertiary/aromatic N) is 1. The Morgan fingerprint density at radius 1 is 1.33 bits per heavy atom. The Kier molecular flexibility index (Phi) is 7.53. The Bertz CT molecular complexity index is 548. The van der Waals surface area contributed by atoms with Gasteiger partial charge < -0.3 is 10.1 Å². The maximum Gasteiger partial charge on any atom is 0.310 e. The Morgan fingerprint density at radius 2 is 2.08 bits per heavy atom. The van der Waals surface area contributed by atoms with E-state index in [-0.39, 0.29) is 17.8 Å². The fraction of sp³-hybridized carbons (Fsp3) is 0.556. The number of ether oxygens (including phenoxy) is 1. The van der Waals surface area contributed by atoms with Gasteiger partial charge in [0.15, 0.2) is 0 Å². The van der Waals surface area contributed by atoms with E-state index in [0.717, 1.165) is 31.4 Å². The summed E-state index contributed by atoms with van der Waals surface area (Å²) < 4.78 is 5.08. The van der Waals surface area contributed by atoms with Gasteiger partial charge in [-0.05, 0) is 50.4 Å². The first-order valence-electron chi connectivity index (χ1n) is 8.48. The van der Waals surface area contributed by atoms with Gasteiger partial charge in [-0.1, -0.05) is 23.7 Å². The monoisotopic (exact) mass is 352 g/mol. The molecule has 1 aromatic rings. The summed E-state index contributed by atoms with van der Waals surface area (Å²) in [7, 11) is 0. The van der Waals surface area contributed by atoms with Crippen LogP contribution >= 0.6 is 11.6 Å². The Hall–Kier alpha value is -1.59. The Morgan fingerprint density at radius 3 is 2.79 bits per heavy atom. The minimum Gasteiger partial charge on any atom is -0.466 e. The van der Waals surface area contributed by atoms with Crippen LogP contribution in [-0.4, -0.2) is 49.6 Å². The summed E-state index contributed by atoms with van der Waals surface area (Å²) in [5.74, 6) is -0.264. The predicted molar refractivity (Wildman–Crippen MR) is 94.0 cm³/mol. The quantitative estimate of drug-likeness (QED) is 0.765. The highest BCUT2D eigenvalue weighted by Crippen LogP contribution is 2.17. The van der Waals surface area contributed by atoms with E-state index < -0.39 is 0 Å². The van der Waals surface area contributed by atoms with Crippen molar-refractivity contribution in [1.82, 2.24) is 10.2 Å². The number of carbonyl (C=O) groups excluding carboxylic acids is 2. The van der Waals surface area contributed by atoms with Gasteiger partial charge in [-0.3, -0.25) is 14.5 Å². The number of rotatable bonds is 7. The standard InChI is InChI=1S/C18H25ClN2O3/c1-2-24-18(23)15-4-3-11-21(12-15)13-17(22)20-10-9-14-5-7-16(19)8-6-14/h5-8,15H,2-4,9-13H2,1H3,(H,20,22). The number of likely N-dealkylation sites (tertiary alicyclic amines) is 1. The van der Waals surface area contributed by atoms with Crippen molar-refractivity contribution in [1.29, 1.82) is 0 Å². The van der Waals surface area contributed by atoms with Crippen LogP contribution in [-0.2, 0) is 20.7 Å².